The van der Waals surface area contributed by atoms with Crippen molar-refractivity contribution in [1.82, 2.24) is 10.2 Å². The van der Waals surface area contributed by atoms with E-state index in [0.29, 0.717) is 0 Å². The molecule has 1 aromatic heterocycles. The molecule has 0 radical (unpaired) electrons. The Kier molecular flexibility index (Phi) is 4.50. The molecule has 0 unspecified atom stereocenters. The Morgan fingerprint density at radius 3 is 2.82 bits per heavy atom. The van der Waals surface area contributed by atoms with Gasteiger partial charge in [-0.2, -0.15) is 5.10 Å². The number of aromatic amines is 1. The first-order valence-corrected chi connectivity index (χ1v) is 6.76. The van der Waals surface area contributed by atoms with Crippen LogP contribution in [-0.2, 0) is 19.6 Å². The summed E-state index contributed by atoms with van der Waals surface area (Å²) in [5, 5.41) is 6.34. The molecule has 1 aromatic rings. The maximum Gasteiger partial charge on any atom is 0.306 e. The third-order valence-electron chi connectivity index (χ3n) is 1.85. The van der Waals surface area contributed by atoms with Crippen molar-refractivity contribution in [1.29, 1.82) is 0 Å². The fourth-order valence-electron chi connectivity index (χ4n) is 1.13. The number of rotatable bonds is 6. The molecule has 7 nitrogen and oxygen atoms in total. The Balaban J connectivity index is 2.49. The van der Waals surface area contributed by atoms with Gasteiger partial charge in [-0.05, 0) is 13.8 Å². The van der Waals surface area contributed by atoms with Gasteiger partial charge in [0, 0.05) is 11.8 Å². The third kappa shape index (κ3) is 4.85. The summed E-state index contributed by atoms with van der Waals surface area (Å²) in [6.45, 7) is 3.66. The third-order valence-corrected chi connectivity index (χ3v) is 3.11. The number of carbonyl (C=O) groups is 1. The van der Waals surface area contributed by atoms with Crippen molar-refractivity contribution >= 4 is 21.8 Å². The highest BCUT2D eigenvalue weighted by Crippen LogP contribution is 2.07. The van der Waals surface area contributed by atoms with Crippen LogP contribution >= 0.6 is 0 Å². The molecule has 0 amide bonds. The average Bonchev–Trinajstić information content (AvgIpc) is 2.61. The molecule has 8 heteroatoms. The maximum atomic E-state index is 11.5. The van der Waals surface area contributed by atoms with Crippen molar-refractivity contribution in [3.05, 3.63) is 11.8 Å². The molecule has 0 saturated heterocycles. The number of nitrogens with one attached hydrogen (secondary N) is 2. The van der Waals surface area contributed by atoms with Crippen LogP contribution in [0.2, 0.25) is 0 Å². The fraction of sp³-hybridized carbons (Fsp3) is 0.556. The lowest BCUT2D eigenvalue weighted by Crippen LogP contribution is -2.20. The molecule has 2 N–H and O–H groups in total. The van der Waals surface area contributed by atoms with E-state index in [-0.39, 0.29) is 24.6 Å². The van der Waals surface area contributed by atoms with E-state index in [0.717, 1.165) is 5.69 Å². The quantitative estimate of drug-likeness (QED) is 0.722. The Morgan fingerprint density at radius 2 is 2.29 bits per heavy atom. The first kappa shape index (κ1) is 13.5. The maximum absolute atomic E-state index is 11.5. The summed E-state index contributed by atoms with van der Waals surface area (Å²) in [5.41, 5.74) is 0.744. The smallest absolute Gasteiger partial charge is 0.306 e. The van der Waals surface area contributed by atoms with Crippen LogP contribution in [0.25, 0.3) is 0 Å². The molecule has 17 heavy (non-hydrogen) atoms. The average molecular weight is 261 g/mol. The number of hydrogen-bond acceptors (Lipinski definition) is 5. The van der Waals surface area contributed by atoms with E-state index >= 15 is 0 Å². The summed E-state index contributed by atoms with van der Waals surface area (Å²) in [4.78, 5) is 11.0. The molecule has 96 valence electrons. The number of sulfonamides is 1. The zero-order valence-corrected chi connectivity index (χ0v) is 10.5. The lowest BCUT2D eigenvalue weighted by molar-refractivity contribution is -0.142. The number of anilines is 1. The Morgan fingerprint density at radius 1 is 1.59 bits per heavy atom. The molecule has 0 aliphatic rings. The summed E-state index contributed by atoms with van der Waals surface area (Å²) < 4.78 is 30.0. The summed E-state index contributed by atoms with van der Waals surface area (Å²) >= 11 is 0. The number of aromatic nitrogens is 2. The molecule has 0 aliphatic carbocycles. The number of hydrogen-bond donors (Lipinski definition) is 2. The van der Waals surface area contributed by atoms with Gasteiger partial charge in [-0.3, -0.25) is 14.6 Å². The first-order chi connectivity index (χ1) is 7.93. The summed E-state index contributed by atoms with van der Waals surface area (Å²) in [5.74, 6) is -0.639. The van der Waals surface area contributed by atoms with Crippen molar-refractivity contribution < 1.29 is 17.9 Å². The minimum Gasteiger partial charge on any atom is -0.466 e. The van der Waals surface area contributed by atoms with Gasteiger partial charge >= 0.3 is 5.97 Å². The minimum atomic E-state index is -3.57. The number of ether oxygens (including phenoxy) is 1. The SMILES string of the molecule is CCOC(=O)CCS(=O)(=O)Nc1cc(C)[nH]n1. The van der Waals surface area contributed by atoms with Gasteiger partial charge in [0.25, 0.3) is 0 Å². The van der Waals surface area contributed by atoms with Crippen LogP contribution in [-0.4, -0.2) is 36.9 Å². The number of esters is 1. The predicted molar refractivity (Wildman–Crippen MR) is 62.0 cm³/mol. The van der Waals surface area contributed by atoms with Gasteiger partial charge in [0.1, 0.15) is 0 Å². The van der Waals surface area contributed by atoms with Crippen molar-refractivity contribution in [2.45, 2.75) is 20.3 Å². The Labute approximate surface area is 99.6 Å². The fourth-order valence-corrected chi connectivity index (χ4v) is 2.09. The largest absolute Gasteiger partial charge is 0.466 e. The van der Waals surface area contributed by atoms with Crippen LogP contribution in [0, 0.1) is 6.92 Å². The monoisotopic (exact) mass is 261 g/mol. The normalized spacial score (nSPS) is 11.2. The number of nitrogens with zero attached hydrogens (tertiary/aromatic N) is 1. The summed E-state index contributed by atoms with van der Waals surface area (Å²) in [6, 6.07) is 1.56. The lowest BCUT2D eigenvalue weighted by atomic mass is 10.5. The molecule has 0 aliphatic heterocycles. The molecule has 0 aromatic carbocycles. The summed E-state index contributed by atoms with van der Waals surface area (Å²) in [6.07, 6.45) is -0.174. The number of aryl methyl sites for hydroxylation is 1. The highest BCUT2D eigenvalue weighted by Gasteiger charge is 2.15. The lowest BCUT2D eigenvalue weighted by Gasteiger charge is -2.04. The van der Waals surface area contributed by atoms with E-state index in [1.54, 1.807) is 19.9 Å². The van der Waals surface area contributed by atoms with Gasteiger partial charge in [-0.15, -0.1) is 0 Å². The van der Waals surface area contributed by atoms with Crippen LogP contribution < -0.4 is 4.72 Å². The van der Waals surface area contributed by atoms with Gasteiger partial charge in [0.2, 0.25) is 10.0 Å². The molecule has 0 atom stereocenters. The Hall–Kier alpha value is -1.57. The van der Waals surface area contributed by atoms with E-state index in [9.17, 15) is 13.2 Å². The Bertz CT molecular complexity index is 480. The second kappa shape index (κ2) is 5.67. The number of carbonyl (C=O) groups excluding carboxylic acids is 1. The topological polar surface area (TPSA) is 101 Å². The first-order valence-electron chi connectivity index (χ1n) is 5.11. The molecular weight excluding hydrogens is 246 g/mol. The second-order valence-electron chi connectivity index (χ2n) is 3.41. The van der Waals surface area contributed by atoms with Crippen molar-refractivity contribution in [2.24, 2.45) is 0 Å². The molecule has 0 bridgehead atoms. The second-order valence-corrected chi connectivity index (χ2v) is 5.25. The molecular formula is C9H15N3O4S. The van der Waals surface area contributed by atoms with Crippen LogP contribution in [0.4, 0.5) is 5.82 Å². The van der Waals surface area contributed by atoms with Crippen LogP contribution in [0.1, 0.15) is 19.0 Å². The summed E-state index contributed by atoms with van der Waals surface area (Å²) in [7, 11) is -3.57. The van der Waals surface area contributed by atoms with Crippen molar-refractivity contribution in [2.75, 3.05) is 17.1 Å². The molecule has 0 saturated carbocycles. The predicted octanol–water partition coefficient (Wildman–Crippen LogP) is 0.413. The molecule has 1 rings (SSSR count). The zero-order chi connectivity index (χ0) is 12.9. The highest BCUT2D eigenvalue weighted by atomic mass is 32.2. The van der Waals surface area contributed by atoms with E-state index in [1.165, 1.54) is 0 Å². The number of H-pyrrole nitrogens is 1. The zero-order valence-electron chi connectivity index (χ0n) is 9.69. The van der Waals surface area contributed by atoms with E-state index in [2.05, 4.69) is 19.7 Å². The van der Waals surface area contributed by atoms with Gasteiger partial charge < -0.3 is 4.74 Å². The highest BCUT2D eigenvalue weighted by molar-refractivity contribution is 7.92. The van der Waals surface area contributed by atoms with Crippen molar-refractivity contribution in [3.63, 3.8) is 0 Å². The minimum absolute atomic E-state index is 0.174. The van der Waals surface area contributed by atoms with E-state index in [1.807, 2.05) is 0 Å². The van der Waals surface area contributed by atoms with E-state index in [4.69, 9.17) is 0 Å². The van der Waals surface area contributed by atoms with Gasteiger partial charge in [0.05, 0.1) is 18.8 Å². The molecule has 0 spiro atoms. The van der Waals surface area contributed by atoms with Crippen molar-refractivity contribution in [3.8, 4) is 0 Å². The molecule has 1 heterocycles. The van der Waals surface area contributed by atoms with Crippen LogP contribution in [0.3, 0.4) is 0 Å². The molecule has 0 fully saturated rings. The van der Waals surface area contributed by atoms with Gasteiger partial charge in [0.15, 0.2) is 5.82 Å². The van der Waals surface area contributed by atoms with Gasteiger partial charge in [-0.1, -0.05) is 0 Å². The van der Waals surface area contributed by atoms with Crippen LogP contribution in [0.5, 0.6) is 0 Å². The van der Waals surface area contributed by atoms with Gasteiger partial charge in [-0.25, -0.2) is 8.42 Å². The van der Waals surface area contributed by atoms with E-state index < -0.39 is 16.0 Å². The van der Waals surface area contributed by atoms with Crippen LogP contribution in [0.15, 0.2) is 6.07 Å². The standard InChI is InChI=1S/C9H15N3O4S/c1-3-16-9(13)4-5-17(14,15)12-8-6-7(2)10-11-8/h6H,3-5H2,1-2H3,(H2,10,11,12).